The summed E-state index contributed by atoms with van der Waals surface area (Å²) < 4.78 is 10.5. The standard InChI is InChI=1S/C14H11NO3/c1-17-10-6-4-9(5-7-10)13-11-3-2-8-15-12(11)14(16)18-13/h2-8,13H,1H3/t13-/m1/s1. The van der Waals surface area contributed by atoms with Crippen molar-refractivity contribution in [3.63, 3.8) is 0 Å². The maximum absolute atomic E-state index is 11.7. The summed E-state index contributed by atoms with van der Waals surface area (Å²) >= 11 is 0. The maximum Gasteiger partial charge on any atom is 0.358 e. The van der Waals surface area contributed by atoms with Gasteiger partial charge in [-0.05, 0) is 23.8 Å². The molecule has 0 unspecified atom stereocenters. The zero-order chi connectivity index (χ0) is 12.5. The van der Waals surface area contributed by atoms with Crippen molar-refractivity contribution in [2.24, 2.45) is 0 Å². The summed E-state index contributed by atoms with van der Waals surface area (Å²) in [6.45, 7) is 0. The molecule has 1 aromatic heterocycles. The van der Waals surface area contributed by atoms with Gasteiger partial charge in [-0.25, -0.2) is 9.78 Å². The van der Waals surface area contributed by atoms with Crippen LogP contribution in [0.1, 0.15) is 27.7 Å². The Morgan fingerprint density at radius 2 is 2.00 bits per heavy atom. The van der Waals surface area contributed by atoms with Gasteiger partial charge in [0.05, 0.1) is 7.11 Å². The average Bonchev–Trinajstić information content (AvgIpc) is 2.77. The number of pyridine rings is 1. The van der Waals surface area contributed by atoms with Gasteiger partial charge in [-0.2, -0.15) is 0 Å². The molecule has 0 saturated heterocycles. The summed E-state index contributed by atoms with van der Waals surface area (Å²) in [5.74, 6) is 0.404. The summed E-state index contributed by atoms with van der Waals surface area (Å²) in [7, 11) is 1.61. The Morgan fingerprint density at radius 3 is 2.72 bits per heavy atom. The van der Waals surface area contributed by atoms with Crippen molar-refractivity contribution in [2.75, 3.05) is 7.11 Å². The van der Waals surface area contributed by atoms with Crippen molar-refractivity contribution in [3.8, 4) is 5.75 Å². The number of hydrogen-bond donors (Lipinski definition) is 0. The van der Waals surface area contributed by atoms with Gasteiger partial charge in [-0.1, -0.05) is 18.2 Å². The summed E-state index contributed by atoms with van der Waals surface area (Å²) in [6.07, 6.45) is 1.23. The molecule has 0 N–H and O–H groups in total. The molecule has 0 spiro atoms. The van der Waals surface area contributed by atoms with Crippen LogP contribution in [0.15, 0.2) is 42.6 Å². The van der Waals surface area contributed by atoms with Gasteiger partial charge in [-0.15, -0.1) is 0 Å². The summed E-state index contributed by atoms with van der Waals surface area (Å²) in [5.41, 5.74) is 2.13. The number of carbonyl (C=O) groups is 1. The molecule has 0 amide bonds. The van der Waals surface area contributed by atoms with Crippen LogP contribution in [0, 0.1) is 0 Å². The van der Waals surface area contributed by atoms with Crippen LogP contribution in [0.2, 0.25) is 0 Å². The molecule has 0 aliphatic carbocycles. The Hall–Kier alpha value is -2.36. The van der Waals surface area contributed by atoms with Crippen LogP contribution in [-0.2, 0) is 4.74 Å². The molecular formula is C14H11NO3. The van der Waals surface area contributed by atoms with Gasteiger partial charge in [0.1, 0.15) is 5.75 Å². The highest BCUT2D eigenvalue weighted by molar-refractivity contribution is 5.92. The molecule has 4 heteroatoms. The molecule has 3 rings (SSSR count). The Bertz CT molecular complexity index is 592. The molecule has 1 aromatic carbocycles. The normalized spacial score (nSPS) is 17.2. The van der Waals surface area contributed by atoms with E-state index in [1.807, 2.05) is 30.3 Å². The molecular weight excluding hydrogens is 230 g/mol. The molecule has 0 fully saturated rings. The predicted molar refractivity (Wildman–Crippen MR) is 64.5 cm³/mol. The van der Waals surface area contributed by atoms with Crippen LogP contribution in [0.4, 0.5) is 0 Å². The number of cyclic esters (lactones) is 1. The molecule has 1 atom stereocenters. The number of hydrogen-bond acceptors (Lipinski definition) is 4. The molecule has 0 bridgehead atoms. The van der Waals surface area contributed by atoms with Crippen molar-refractivity contribution in [3.05, 3.63) is 59.4 Å². The van der Waals surface area contributed by atoms with E-state index in [1.54, 1.807) is 19.4 Å². The van der Waals surface area contributed by atoms with Crippen LogP contribution < -0.4 is 4.74 Å². The molecule has 90 valence electrons. The monoisotopic (exact) mass is 241 g/mol. The second kappa shape index (κ2) is 4.14. The van der Waals surface area contributed by atoms with Gasteiger partial charge < -0.3 is 9.47 Å². The first-order valence-electron chi connectivity index (χ1n) is 5.59. The lowest BCUT2D eigenvalue weighted by molar-refractivity contribution is 0.0452. The van der Waals surface area contributed by atoms with Crippen LogP contribution in [-0.4, -0.2) is 18.1 Å². The zero-order valence-corrected chi connectivity index (χ0v) is 9.79. The third kappa shape index (κ3) is 1.62. The first-order chi connectivity index (χ1) is 8.79. The highest BCUT2D eigenvalue weighted by Crippen LogP contribution is 2.34. The Morgan fingerprint density at radius 1 is 1.22 bits per heavy atom. The van der Waals surface area contributed by atoms with Crippen molar-refractivity contribution in [2.45, 2.75) is 6.10 Å². The van der Waals surface area contributed by atoms with E-state index in [1.165, 1.54) is 0 Å². The van der Waals surface area contributed by atoms with Gasteiger partial charge in [-0.3, -0.25) is 0 Å². The van der Waals surface area contributed by atoms with Gasteiger partial charge in [0.15, 0.2) is 11.8 Å². The molecule has 2 aromatic rings. The van der Waals surface area contributed by atoms with E-state index in [2.05, 4.69) is 4.98 Å². The minimum atomic E-state index is -0.369. The lowest BCUT2D eigenvalue weighted by Gasteiger charge is -2.11. The fraction of sp³-hybridized carbons (Fsp3) is 0.143. The molecule has 1 aliphatic heterocycles. The predicted octanol–water partition coefficient (Wildman–Crippen LogP) is 2.35. The maximum atomic E-state index is 11.7. The number of benzene rings is 1. The van der Waals surface area contributed by atoms with Crippen LogP contribution in [0.3, 0.4) is 0 Å². The van der Waals surface area contributed by atoms with E-state index in [0.29, 0.717) is 5.69 Å². The summed E-state index contributed by atoms with van der Waals surface area (Å²) in [6, 6.07) is 11.1. The highest BCUT2D eigenvalue weighted by atomic mass is 16.5. The first-order valence-corrected chi connectivity index (χ1v) is 5.59. The van der Waals surface area contributed by atoms with E-state index in [4.69, 9.17) is 9.47 Å². The average molecular weight is 241 g/mol. The summed E-state index contributed by atoms with van der Waals surface area (Å²) in [4.78, 5) is 15.7. The van der Waals surface area contributed by atoms with Crippen molar-refractivity contribution in [1.82, 2.24) is 4.98 Å². The topological polar surface area (TPSA) is 48.4 Å². The van der Waals surface area contributed by atoms with E-state index < -0.39 is 0 Å². The minimum Gasteiger partial charge on any atom is -0.497 e. The van der Waals surface area contributed by atoms with Gasteiger partial charge in [0.2, 0.25) is 0 Å². The van der Waals surface area contributed by atoms with Gasteiger partial charge in [0, 0.05) is 11.8 Å². The van der Waals surface area contributed by atoms with E-state index >= 15 is 0 Å². The number of esters is 1. The fourth-order valence-corrected chi connectivity index (χ4v) is 2.05. The van der Waals surface area contributed by atoms with Crippen LogP contribution in [0.25, 0.3) is 0 Å². The number of fused-ring (bicyclic) bond motifs is 1. The number of rotatable bonds is 2. The highest BCUT2D eigenvalue weighted by Gasteiger charge is 2.33. The Kier molecular flexibility index (Phi) is 2.48. The number of aromatic nitrogens is 1. The second-order valence-electron chi connectivity index (χ2n) is 4.00. The van der Waals surface area contributed by atoms with Crippen LogP contribution >= 0.6 is 0 Å². The third-order valence-electron chi connectivity index (χ3n) is 2.96. The molecule has 18 heavy (non-hydrogen) atoms. The Balaban J connectivity index is 2.01. The Labute approximate surface area is 104 Å². The largest absolute Gasteiger partial charge is 0.497 e. The zero-order valence-electron chi connectivity index (χ0n) is 9.79. The van der Waals surface area contributed by atoms with Crippen molar-refractivity contribution >= 4 is 5.97 Å². The molecule has 4 nitrogen and oxygen atoms in total. The number of nitrogens with zero attached hydrogens (tertiary/aromatic N) is 1. The SMILES string of the molecule is COc1ccc([C@H]2OC(=O)c3ncccc32)cc1. The second-order valence-corrected chi connectivity index (χ2v) is 4.00. The van der Waals surface area contributed by atoms with Gasteiger partial charge >= 0.3 is 5.97 Å². The molecule has 2 heterocycles. The lowest BCUT2D eigenvalue weighted by Crippen LogP contribution is -2.00. The van der Waals surface area contributed by atoms with Crippen molar-refractivity contribution < 1.29 is 14.3 Å². The summed E-state index contributed by atoms with van der Waals surface area (Å²) in [5, 5.41) is 0. The van der Waals surface area contributed by atoms with Crippen molar-refractivity contribution in [1.29, 1.82) is 0 Å². The molecule has 0 saturated carbocycles. The number of carbonyl (C=O) groups excluding carboxylic acids is 1. The smallest absolute Gasteiger partial charge is 0.358 e. The number of ether oxygens (including phenoxy) is 2. The van der Waals surface area contributed by atoms with E-state index in [0.717, 1.165) is 16.9 Å². The van der Waals surface area contributed by atoms with Crippen LogP contribution in [0.5, 0.6) is 5.75 Å². The quantitative estimate of drug-likeness (QED) is 0.757. The number of methoxy groups -OCH3 is 1. The van der Waals surface area contributed by atoms with Gasteiger partial charge in [0.25, 0.3) is 0 Å². The fourth-order valence-electron chi connectivity index (χ4n) is 2.05. The first kappa shape index (κ1) is 10.8. The lowest BCUT2D eigenvalue weighted by atomic mass is 10.0. The van der Waals surface area contributed by atoms with E-state index in [9.17, 15) is 4.79 Å². The molecule has 1 aliphatic rings. The molecule has 0 radical (unpaired) electrons. The third-order valence-corrected chi connectivity index (χ3v) is 2.96. The van der Waals surface area contributed by atoms with E-state index in [-0.39, 0.29) is 12.1 Å². The minimum absolute atomic E-state index is 0.368.